The fourth-order valence-electron chi connectivity index (χ4n) is 0.568. The van der Waals surface area contributed by atoms with E-state index in [-0.39, 0.29) is 4.90 Å². The summed E-state index contributed by atoms with van der Waals surface area (Å²) in [4.78, 5) is 9.85. The van der Waals surface area contributed by atoms with Gasteiger partial charge in [0.15, 0.2) is 0 Å². The highest BCUT2D eigenvalue weighted by atomic mass is 32.2. The van der Waals surface area contributed by atoms with Gasteiger partial charge in [-0.1, -0.05) is 5.16 Å². The molecule has 7 nitrogen and oxygen atoms in total. The summed E-state index contributed by atoms with van der Waals surface area (Å²) in [5, 5.41) is 11.4. The van der Waals surface area contributed by atoms with Gasteiger partial charge in [0.05, 0.1) is 6.20 Å². The van der Waals surface area contributed by atoms with Crippen LogP contribution in [-0.4, -0.2) is 31.2 Å². The number of hydrogen-bond donors (Lipinski definition) is 2. The van der Waals surface area contributed by atoms with E-state index in [1.165, 1.54) is 0 Å². The molecule has 0 unspecified atom stereocenters. The zero-order valence-electron chi connectivity index (χ0n) is 6.30. The number of sulfonamides is 1. The van der Waals surface area contributed by atoms with Crippen molar-refractivity contribution in [2.24, 2.45) is 0 Å². The second-order valence-electron chi connectivity index (χ2n) is 2.08. The van der Waals surface area contributed by atoms with E-state index in [4.69, 9.17) is 5.11 Å². The molecular weight excluding hydrogens is 200 g/mol. The molecular formula is C5H6N2O5S. The fourth-order valence-corrected chi connectivity index (χ4v) is 1.40. The summed E-state index contributed by atoms with van der Waals surface area (Å²) in [6.45, 7) is -0.673. The number of aliphatic carboxylic acids is 1. The predicted octanol–water partition coefficient (Wildman–Crippen LogP) is -0.962. The lowest BCUT2D eigenvalue weighted by molar-refractivity contribution is -0.135. The summed E-state index contributed by atoms with van der Waals surface area (Å²) in [5.41, 5.74) is 0. The third-order valence-corrected chi connectivity index (χ3v) is 2.48. The maximum Gasteiger partial charge on any atom is 0.318 e. The van der Waals surface area contributed by atoms with Gasteiger partial charge < -0.3 is 9.63 Å². The van der Waals surface area contributed by atoms with Gasteiger partial charge in [-0.05, 0) is 0 Å². The van der Waals surface area contributed by atoms with Crippen molar-refractivity contribution in [1.29, 1.82) is 0 Å². The van der Waals surface area contributed by atoms with E-state index in [0.29, 0.717) is 0 Å². The van der Waals surface area contributed by atoms with Crippen molar-refractivity contribution in [1.82, 2.24) is 9.88 Å². The van der Waals surface area contributed by atoms with Crippen molar-refractivity contribution in [3.63, 3.8) is 0 Å². The standard InChI is InChI=1S/C5H6N2O5S/c8-5(9)2-7-13(10,11)4-1-6-12-3-4/h1,3,7H,2H2,(H,8,9). The van der Waals surface area contributed by atoms with Crippen LogP contribution in [0.15, 0.2) is 21.9 Å². The molecule has 0 spiro atoms. The topological polar surface area (TPSA) is 110 Å². The zero-order chi connectivity index (χ0) is 9.90. The molecule has 0 aliphatic carbocycles. The first kappa shape index (κ1) is 9.68. The van der Waals surface area contributed by atoms with Crippen LogP contribution in [0.4, 0.5) is 0 Å². The monoisotopic (exact) mass is 206 g/mol. The summed E-state index contributed by atoms with van der Waals surface area (Å²) in [6, 6.07) is 0. The van der Waals surface area contributed by atoms with E-state index in [9.17, 15) is 13.2 Å². The Bertz CT molecular complexity index is 381. The number of rotatable bonds is 4. The molecule has 0 amide bonds. The lowest BCUT2D eigenvalue weighted by Crippen LogP contribution is -2.29. The third-order valence-electron chi connectivity index (χ3n) is 1.13. The van der Waals surface area contributed by atoms with Gasteiger partial charge in [-0.2, -0.15) is 4.72 Å². The predicted molar refractivity (Wildman–Crippen MR) is 39.3 cm³/mol. The molecule has 0 bridgehead atoms. The summed E-state index contributed by atoms with van der Waals surface area (Å²) in [5.74, 6) is -1.26. The summed E-state index contributed by atoms with van der Waals surface area (Å²) < 4.78 is 28.4. The van der Waals surface area contributed by atoms with Gasteiger partial charge >= 0.3 is 5.97 Å². The summed E-state index contributed by atoms with van der Waals surface area (Å²) in [7, 11) is -3.80. The van der Waals surface area contributed by atoms with Crippen LogP contribution in [0.5, 0.6) is 0 Å². The van der Waals surface area contributed by atoms with Gasteiger partial charge in [0.1, 0.15) is 17.7 Å². The van der Waals surface area contributed by atoms with Crippen molar-refractivity contribution in [2.75, 3.05) is 6.54 Å². The molecule has 0 aromatic carbocycles. The first-order chi connectivity index (χ1) is 6.02. The molecule has 1 rings (SSSR count). The van der Waals surface area contributed by atoms with E-state index < -0.39 is 22.5 Å². The SMILES string of the molecule is O=C(O)CNS(=O)(=O)c1cnoc1. The quantitative estimate of drug-likeness (QED) is 0.656. The largest absolute Gasteiger partial charge is 0.480 e. The van der Waals surface area contributed by atoms with Crippen molar-refractivity contribution < 1.29 is 22.8 Å². The first-order valence-electron chi connectivity index (χ1n) is 3.13. The van der Waals surface area contributed by atoms with Gasteiger partial charge in [0.2, 0.25) is 10.0 Å². The maximum absolute atomic E-state index is 11.1. The molecule has 72 valence electrons. The highest BCUT2D eigenvalue weighted by molar-refractivity contribution is 7.89. The third kappa shape index (κ3) is 2.53. The van der Waals surface area contributed by atoms with Gasteiger partial charge in [-0.25, -0.2) is 8.42 Å². The Labute approximate surface area is 73.4 Å². The molecule has 1 aromatic rings. The molecule has 8 heteroatoms. The normalized spacial score (nSPS) is 11.4. The Balaban J connectivity index is 2.74. The van der Waals surface area contributed by atoms with Gasteiger partial charge in [-0.3, -0.25) is 4.79 Å². The molecule has 0 fully saturated rings. The van der Waals surface area contributed by atoms with Crippen LogP contribution in [0.2, 0.25) is 0 Å². The molecule has 13 heavy (non-hydrogen) atoms. The van der Waals surface area contributed by atoms with Gasteiger partial charge in [0, 0.05) is 0 Å². The molecule has 0 aliphatic heterocycles. The van der Waals surface area contributed by atoms with E-state index >= 15 is 0 Å². The average Bonchev–Trinajstić information content (AvgIpc) is 2.53. The molecule has 0 saturated heterocycles. The van der Waals surface area contributed by atoms with Gasteiger partial charge in [-0.15, -0.1) is 0 Å². The minimum absolute atomic E-state index is 0.200. The minimum Gasteiger partial charge on any atom is -0.480 e. The summed E-state index contributed by atoms with van der Waals surface area (Å²) in [6.07, 6.45) is 1.88. The Morgan fingerprint density at radius 3 is 2.85 bits per heavy atom. The lowest BCUT2D eigenvalue weighted by Gasteiger charge is -1.98. The molecule has 1 aromatic heterocycles. The molecule has 1 heterocycles. The number of nitrogens with zero attached hydrogens (tertiary/aromatic N) is 1. The Morgan fingerprint density at radius 2 is 2.38 bits per heavy atom. The second kappa shape index (κ2) is 3.54. The van der Waals surface area contributed by atoms with Crippen LogP contribution in [0.25, 0.3) is 0 Å². The number of hydrogen-bond acceptors (Lipinski definition) is 5. The van der Waals surface area contributed by atoms with E-state index in [2.05, 4.69) is 9.68 Å². The minimum atomic E-state index is -3.80. The van der Waals surface area contributed by atoms with Crippen LogP contribution in [0.1, 0.15) is 0 Å². The molecule has 0 saturated carbocycles. The average molecular weight is 206 g/mol. The van der Waals surface area contributed by atoms with Gasteiger partial charge in [0.25, 0.3) is 0 Å². The van der Waals surface area contributed by atoms with Crippen molar-refractivity contribution in [3.05, 3.63) is 12.5 Å². The fraction of sp³-hybridized carbons (Fsp3) is 0.200. The number of aromatic nitrogens is 1. The molecule has 0 aliphatic rings. The Morgan fingerprint density at radius 1 is 1.69 bits per heavy atom. The van der Waals surface area contributed by atoms with E-state index in [1.807, 2.05) is 4.72 Å². The number of carboxylic acids is 1. The number of carboxylic acid groups (broad SMARTS) is 1. The zero-order valence-corrected chi connectivity index (χ0v) is 7.11. The molecule has 0 radical (unpaired) electrons. The Hall–Kier alpha value is -1.41. The number of carbonyl (C=O) groups is 1. The lowest BCUT2D eigenvalue weighted by atomic mass is 10.7. The van der Waals surface area contributed by atoms with Crippen molar-refractivity contribution >= 4 is 16.0 Å². The second-order valence-corrected chi connectivity index (χ2v) is 3.85. The van der Waals surface area contributed by atoms with Crippen LogP contribution in [0.3, 0.4) is 0 Å². The number of nitrogens with one attached hydrogen (secondary N) is 1. The van der Waals surface area contributed by atoms with Crippen molar-refractivity contribution in [3.8, 4) is 0 Å². The van der Waals surface area contributed by atoms with Crippen LogP contribution >= 0.6 is 0 Å². The van der Waals surface area contributed by atoms with Crippen molar-refractivity contribution in [2.45, 2.75) is 4.90 Å². The summed E-state index contributed by atoms with van der Waals surface area (Å²) >= 11 is 0. The van der Waals surface area contributed by atoms with Crippen LogP contribution < -0.4 is 4.72 Å². The maximum atomic E-state index is 11.1. The first-order valence-corrected chi connectivity index (χ1v) is 4.61. The van der Waals surface area contributed by atoms with Crippen LogP contribution in [0, 0.1) is 0 Å². The van der Waals surface area contributed by atoms with E-state index in [0.717, 1.165) is 12.5 Å². The molecule has 0 atom stereocenters. The molecule has 2 N–H and O–H groups in total. The smallest absolute Gasteiger partial charge is 0.318 e. The Kier molecular flexibility index (Phi) is 2.63. The van der Waals surface area contributed by atoms with E-state index in [1.54, 1.807) is 0 Å². The highest BCUT2D eigenvalue weighted by Crippen LogP contribution is 2.04. The van der Waals surface area contributed by atoms with Crippen LogP contribution in [-0.2, 0) is 14.8 Å². The highest BCUT2D eigenvalue weighted by Gasteiger charge is 2.16.